The first-order valence-electron chi connectivity index (χ1n) is 5.59. The Bertz CT molecular complexity index is 689. The topological polar surface area (TPSA) is 93.2 Å². The monoisotopic (exact) mass is 330 g/mol. The van der Waals surface area contributed by atoms with Crippen LogP contribution in [-0.4, -0.2) is 4.92 Å². The normalized spacial score (nSPS) is 10.3. The van der Waals surface area contributed by atoms with Gasteiger partial charge in [0.25, 0.3) is 0 Å². The van der Waals surface area contributed by atoms with Crippen molar-refractivity contribution in [1.82, 2.24) is 0 Å². The molecule has 0 saturated heterocycles. The molecule has 6 nitrogen and oxygen atoms in total. The van der Waals surface area contributed by atoms with E-state index in [1.54, 1.807) is 6.07 Å². The van der Waals surface area contributed by atoms with Gasteiger partial charge < -0.3 is 10.7 Å². The Kier molecular flexibility index (Phi) is 4.46. The van der Waals surface area contributed by atoms with Gasteiger partial charge in [-0.15, -0.1) is 0 Å². The van der Waals surface area contributed by atoms with Crippen LogP contribution in [0.4, 0.5) is 27.1 Å². The maximum absolute atomic E-state index is 13.3. The highest BCUT2D eigenvalue weighted by Gasteiger charge is 2.19. The summed E-state index contributed by atoms with van der Waals surface area (Å²) in [7, 11) is 0. The van der Waals surface area contributed by atoms with Crippen LogP contribution in [0.15, 0.2) is 30.3 Å². The van der Waals surface area contributed by atoms with Gasteiger partial charge in [0.05, 0.1) is 15.0 Å². The van der Waals surface area contributed by atoms with Gasteiger partial charge in [0, 0.05) is 5.69 Å². The summed E-state index contributed by atoms with van der Waals surface area (Å²) in [5, 5.41) is 13.5. The van der Waals surface area contributed by atoms with E-state index in [1.165, 1.54) is 24.3 Å². The van der Waals surface area contributed by atoms with Gasteiger partial charge in [-0.25, -0.2) is 4.39 Å². The van der Waals surface area contributed by atoms with Crippen LogP contribution in [0.25, 0.3) is 0 Å². The second-order valence-electron chi connectivity index (χ2n) is 3.98. The predicted octanol–water partition coefficient (Wildman–Crippen LogP) is 4.07. The number of benzene rings is 2. The largest absolute Gasteiger partial charge is 0.350 e. The fraction of sp³-hybridized carbons (Fsp3) is 0. The van der Waals surface area contributed by atoms with Crippen LogP contribution >= 0.6 is 23.2 Å². The number of nitrogens with two attached hydrogens (primary N) is 1. The Morgan fingerprint density at radius 1 is 1.19 bits per heavy atom. The number of hydrazine groups is 1. The first kappa shape index (κ1) is 15.3. The molecule has 0 aromatic heterocycles. The van der Waals surface area contributed by atoms with Crippen molar-refractivity contribution in [3.05, 3.63) is 56.3 Å². The second-order valence-corrected chi connectivity index (χ2v) is 4.80. The fourth-order valence-corrected chi connectivity index (χ4v) is 2.23. The Balaban J connectivity index is 2.47. The highest BCUT2D eigenvalue weighted by Crippen LogP contribution is 2.36. The van der Waals surface area contributed by atoms with E-state index >= 15 is 0 Å². The lowest BCUT2D eigenvalue weighted by molar-refractivity contribution is -0.383. The quantitative estimate of drug-likeness (QED) is 0.340. The van der Waals surface area contributed by atoms with Crippen molar-refractivity contribution < 1.29 is 9.31 Å². The minimum atomic E-state index is -0.754. The zero-order chi connectivity index (χ0) is 15.6. The van der Waals surface area contributed by atoms with Crippen LogP contribution in [0.2, 0.25) is 10.0 Å². The summed E-state index contributed by atoms with van der Waals surface area (Å²) in [6, 6.07) is 7.04. The minimum absolute atomic E-state index is 0.129. The maximum Gasteiger partial charge on any atom is 0.316 e. The first-order valence-corrected chi connectivity index (χ1v) is 6.35. The Morgan fingerprint density at radius 3 is 2.29 bits per heavy atom. The standard InChI is InChI=1S/C12H9Cl2FN4O2/c13-7-4-6(5-8(14)11(7)15)17-9-2-1-3-10(18-16)12(9)19(20)21/h1-5,17-18H,16H2. The van der Waals surface area contributed by atoms with E-state index < -0.39 is 10.7 Å². The molecule has 0 amide bonds. The van der Waals surface area contributed by atoms with Crippen LogP contribution in [0, 0.1) is 15.9 Å². The van der Waals surface area contributed by atoms with Crippen LogP contribution in [0.5, 0.6) is 0 Å². The number of halogens is 3. The summed E-state index contributed by atoms with van der Waals surface area (Å²) >= 11 is 11.4. The Morgan fingerprint density at radius 2 is 1.76 bits per heavy atom. The van der Waals surface area contributed by atoms with Crippen molar-refractivity contribution in [2.75, 3.05) is 10.7 Å². The number of nitrogens with zero attached hydrogens (tertiary/aromatic N) is 1. The third-order valence-electron chi connectivity index (χ3n) is 2.64. The maximum atomic E-state index is 13.3. The van der Waals surface area contributed by atoms with E-state index in [0.29, 0.717) is 5.69 Å². The van der Waals surface area contributed by atoms with Gasteiger partial charge in [0.2, 0.25) is 0 Å². The molecular formula is C12H9Cl2FN4O2. The summed E-state index contributed by atoms with van der Waals surface area (Å²) in [5.41, 5.74) is 2.59. The number of anilines is 3. The minimum Gasteiger partial charge on any atom is -0.350 e. The van der Waals surface area contributed by atoms with Crippen molar-refractivity contribution in [2.45, 2.75) is 0 Å². The van der Waals surface area contributed by atoms with Crippen LogP contribution in [0.1, 0.15) is 0 Å². The molecule has 0 radical (unpaired) electrons. The SMILES string of the molecule is NNc1cccc(Nc2cc(Cl)c(F)c(Cl)c2)c1[N+](=O)[O-]. The molecule has 0 aliphatic rings. The van der Waals surface area contributed by atoms with Crippen molar-refractivity contribution >= 4 is 46.0 Å². The number of hydrogen-bond donors (Lipinski definition) is 3. The van der Waals surface area contributed by atoms with Crippen molar-refractivity contribution in [3.8, 4) is 0 Å². The van der Waals surface area contributed by atoms with Crippen LogP contribution in [0.3, 0.4) is 0 Å². The molecule has 9 heteroatoms. The molecule has 21 heavy (non-hydrogen) atoms. The number of para-hydroxylation sites is 1. The van der Waals surface area contributed by atoms with Gasteiger partial charge >= 0.3 is 5.69 Å². The molecular weight excluding hydrogens is 322 g/mol. The fourth-order valence-electron chi connectivity index (χ4n) is 1.74. The third kappa shape index (κ3) is 3.15. The number of nitrogen functional groups attached to an aromatic ring is 1. The molecule has 0 atom stereocenters. The van der Waals surface area contributed by atoms with E-state index in [0.717, 1.165) is 0 Å². The third-order valence-corrected chi connectivity index (χ3v) is 3.19. The van der Waals surface area contributed by atoms with E-state index in [-0.39, 0.29) is 27.1 Å². The van der Waals surface area contributed by atoms with Crippen LogP contribution in [-0.2, 0) is 0 Å². The van der Waals surface area contributed by atoms with Crippen molar-refractivity contribution in [2.24, 2.45) is 5.84 Å². The summed E-state index contributed by atoms with van der Waals surface area (Å²) in [6.07, 6.45) is 0. The molecule has 2 rings (SSSR count). The molecule has 0 aliphatic carbocycles. The molecule has 2 aromatic carbocycles. The van der Waals surface area contributed by atoms with E-state index in [4.69, 9.17) is 29.0 Å². The summed E-state index contributed by atoms with van der Waals surface area (Å²) < 4.78 is 13.3. The van der Waals surface area contributed by atoms with Crippen molar-refractivity contribution in [1.29, 1.82) is 0 Å². The molecule has 2 aromatic rings. The number of hydrogen-bond acceptors (Lipinski definition) is 5. The smallest absolute Gasteiger partial charge is 0.316 e. The summed E-state index contributed by atoms with van der Waals surface area (Å²) in [5.74, 6) is 4.49. The Labute approximate surface area is 128 Å². The number of nitro benzene ring substituents is 1. The lowest BCUT2D eigenvalue weighted by Gasteiger charge is -2.11. The first-order chi connectivity index (χ1) is 9.93. The molecule has 0 bridgehead atoms. The van der Waals surface area contributed by atoms with Gasteiger partial charge in [-0.05, 0) is 24.3 Å². The molecule has 0 unspecified atom stereocenters. The number of rotatable bonds is 4. The van der Waals surface area contributed by atoms with Gasteiger partial charge in [-0.1, -0.05) is 29.3 Å². The van der Waals surface area contributed by atoms with Crippen LogP contribution < -0.4 is 16.6 Å². The van der Waals surface area contributed by atoms with Gasteiger partial charge in [0.1, 0.15) is 11.4 Å². The molecule has 0 saturated carbocycles. The molecule has 110 valence electrons. The van der Waals surface area contributed by atoms with E-state index in [1.807, 2.05) is 0 Å². The lowest BCUT2D eigenvalue weighted by atomic mass is 10.2. The molecule has 0 fully saturated rings. The van der Waals surface area contributed by atoms with Crippen molar-refractivity contribution in [3.63, 3.8) is 0 Å². The number of nitro groups is 1. The molecule has 0 spiro atoms. The second kappa shape index (κ2) is 6.13. The lowest BCUT2D eigenvalue weighted by Crippen LogP contribution is -2.10. The summed E-state index contributed by atoms with van der Waals surface area (Å²) in [4.78, 5) is 10.5. The van der Waals surface area contributed by atoms with E-state index in [9.17, 15) is 14.5 Å². The molecule has 0 heterocycles. The average Bonchev–Trinajstić information content (AvgIpc) is 2.44. The highest BCUT2D eigenvalue weighted by molar-refractivity contribution is 6.35. The summed E-state index contributed by atoms with van der Waals surface area (Å²) in [6.45, 7) is 0. The molecule has 0 aliphatic heterocycles. The zero-order valence-corrected chi connectivity index (χ0v) is 11.9. The Hall–Kier alpha value is -2.09. The zero-order valence-electron chi connectivity index (χ0n) is 10.4. The highest BCUT2D eigenvalue weighted by atomic mass is 35.5. The van der Waals surface area contributed by atoms with Gasteiger partial charge in [-0.3, -0.25) is 16.0 Å². The number of nitrogens with one attached hydrogen (secondary N) is 2. The van der Waals surface area contributed by atoms with Gasteiger partial charge in [0.15, 0.2) is 5.82 Å². The average molecular weight is 331 g/mol. The predicted molar refractivity (Wildman–Crippen MR) is 80.6 cm³/mol. The van der Waals surface area contributed by atoms with Gasteiger partial charge in [-0.2, -0.15) is 0 Å². The van der Waals surface area contributed by atoms with E-state index in [2.05, 4.69) is 10.7 Å². The molecule has 4 N–H and O–H groups in total.